The van der Waals surface area contributed by atoms with E-state index in [1.165, 1.54) is 50.2 Å². The third kappa shape index (κ3) is 5.05. The molecule has 6 heteroatoms. The van der Waals surface area contributed by atoms with Crippen molar-refractivity contribution in [1.82, 2.24) is 0 Å². The molecule has 2 aromatic carbocycles. The number of benzene rings is 2. The first kappa shape index (κ1) is 17.4. The van der Waals surface area contributed by atoms with Gasteiger partial charge in [-0.15, -0.1) is 0 Å². The minimum Gasteiger partial charge on any atom is -0.505 e. The second kappa shape index (κ2) is 7.40. The topological polar surface area (TPSA) is 66.8 Å². The van der Waals surface area contributed by atoms with Gasteiger partial charge >= 0.3 is 5.97 Å². The molecule has 0 bridgehead atoms. The Kier molecular flexibility index (Phi) is 5.86. The highest BCUT2D eigenvalue weighted by atomic mass is 19.1. The number of rotatable bonds is 3. The molecule has 0 unspecified atom stereocenters. The maximum Gasteiger partial charge on any atom is 0.347 e. The largest absolute Gasteiger partial charge is 0.505 e. The van der Waals surface area contributed by atoms with E-state index in [4.69, 9.17) is 14.9 Å². The van der Waals surface area contributed by atoms with Gasteiger partial charge in [0.15, 0.2) is 28.7 Å². The minimum absolute atomic E-state index is 0.0556. The van der Waals surface area contributed by atoms with Crippen LogP contribution in [0.25, 0.3) is 0 Å². The molecule has 0 atom stereocenters. The van der Waals surface area contributed by atoms with Crippen molar-refractivity contribution in [1.29, 1.82) is 0 Å². The van der Waals surface area contributed by atoms with Crippen molar-refractivity contribution in [2.24, 2.45) is 0 Å². The Morgan fingerprint density at radius 2 is 1.50 bits per heavy atom. The summed E-state index contributed by atoms with van der Waals surface area (Å²) in [5.41, 5.74) is -1.43. The summed E-state index contributed by atoms with van der Waals surface area (Å²) in [6.45, 7) is 2.73. The molecular formula is C16H16F2O4. The number of carbonyl (C=O) groups is 1. The van der Waals surface area contributed by atoms with Gasteiger partial charge in [0, 0.05) is 0 Å². The van der Waals surface area contributed by atoms with Crippen LogP contribution in [0.15, 0.2) is 48.5 Å². The Labute approximate surface area is 126 Å². The molecule has 0 fully saturated rings. The van der Waals surface area contributed by atoms with Gasteiger partial charge in [0.2, 0.25) is 0 Å². The lowest BCUT2D eigenvalue weighted by Crippen LogP contribution is -2.38. The molecule has 0 aromatic heterocycles. The fraction of sp³-hybridized carbons (Fsp3) is 0.188. The van der Waals surface area contributed by atoms with Gasteiger partial charge in [-0.3, -0.25) is 0 Å². The Morgan fingerprint density at radius 1 is 1.00 bits per heavy atom. The van der Waals surface area contributed by atoms with Gasteiger partial charge in [0.05, 0.1) is 0 Å². The van der Waals surface area contributed by atoms with E-state index in [1.54, 1.807) is 12.1 Å². The average Bonchev–Trinajstić information content (AvgIpc) is 2.45. The third-order valence-corrected chi connectivity index (χ3v) is 2.57. The van der Waals surface area contributed by atoms with E-state index in [0.717, 1.165) is 0 Å². The monoisotopic (exact) mass is 310 g/mol. The van der Waals surface area contributed by atoms with Crippen LogP contribution in [-0.2, 0) is 4.79 Å². The number of hydrogen-bond acceptors (Lipinski definition) is 3. The highest BCUT2D eigenvalue weighted by molar-refractivity contribution is 5.76. The van der Waals surface area contributed by atoms with Crippen molar-refractivity contribution in [3.8, 4) is 11.5 Å². The zero-order valence-corrected chi connectivity index (χ0v) is 12.1. The van der Waals surface area contributed by atoms with E-state index < -0.39 is 23.2 Å². The zero-order chi connectivity index (χ0) is 16.8. The van der Waals surface area contributed by atoms with E-state index in [0.29, 0.717) is 0 Å². The van der Waals surface area contributed by atoms with Crippen molar-refractivity contribution in [3.05, 3.63) is 60.2 Å². The van der Waals surface area contributed by atoms with E-state index >= 15 is 0 Å². The first-order chi connectivity index (χ1) is 10.2. The Morgan fingerprint density at radius 3 is 1.91 bits per heavy atom. The van der Waals surface area contributed by atoms with Gasteiger partial charge in [0.25, 0.3) is 0 Å². The summed E-state index contributed by atoms with van der Waals surface area (Å²) in [7, 11) is 0. The van der Waals surface area contributed by atoms with Crippen LogP contribution in [0, 0.1) is 11.6 Å². The van der Waals surface area contributed by atoms with Gasteiger partial charge in [-0.25, -0.2) is 13.6 Å². The molecule has 0 saturated carbocycles. The molecular weight excluding hydrogens is 294 g/mol. The van der Waals surface area contributed by atoms with Crippen LogP contribution in [-0.4, -0.2) is 21.8 Å². The molecule has 0 spiro atoms. The standard InChI is InChI=1S/C10H11FO3.C6H5FO/c1-10(2,9(12)13)14-8-6-4-3-5-7(8)11;7-5-3-1-2-4-6(5)8/h3-6H,1-2H3,(H,12,13);1-4,8H. The predicted octanol–water partition coefficient (Wildman–Crippen LogP) is 3.60. The van der Waals surface area contributed by atoms with Crippen molar-refractivity contribution < 1.29 is 28.5 Å². The molecule has 0 radical (unpaired) electrons. The molecule has 0 saturated heterocycles. The molecule has 4 nitrogen and oxygen atoms in total. The second-order valence-corrected chi connectivity index (χ2v) is 4.80. The number of halogens is 2. The zero-order valence-electron chi connectivity index (χ0n) is 12.1. The SMILES string of the molecule is CC(C)(Oc1ccccc1F)C(=O)O.Oc1ccccc1F. The van der Waals surface area contributed by atoms with Crippen molar-refractivity contribution >= 4 is 5.97 Å². The molecule has 2 rings (SSSR count). The van der Waals surface area contributed by atoms with Crippen molar-refractivity contribution in [3.63, 3.8) is 0 Å². The van der Waals surface area contributed by atoms with Crippen LogP contribution in [0.4, 0.5) is 8.78 Å². The maximum atomic E-state index is 13.1. The van der Waals surface area contributed by atoms with Crippen molar-refractivity contribution in [2.45, 2.75) is 19.4 Å². The summed E-state index contributed by atoms with van der Waals surface area (Å²) in [6, 6.07) is 11.3. The molecule has 22 heavy (non-hydrogen) atoms. The van der Waals surface area contributed by atoms with Crippen molar-refractivity contribution in [2.75, 3.05) is 0 Å². The lowest BCUT2D eigenvalue weighted by atomic mass is 10.1. The Bertz CT molecular complexity index is 621. The number of phenolic OH excluding ortho intramolecular Hbond substituents is 1. The van der Waals surface area contributed by atoms with Crippen LogP contribution >= 0.6 is 0 Å². The van der Waals surface area contributed by atoms with Crippen LogP contribution in [0.1, 0.15) is 13.8 Å². The van der Waals surface area contributed by atoms with Crippen LogP contribution in [0.5, 0.6) is 11.5 Å². The van der Waals surface area contributed by atoms with Gasteiger partial charge in [-0.05, 0) is 38.1 Å². The third-order valence-electron chi connectivity index (χ3n) is 2.57. The maximum absolute atomic E-state index is 13.1. The van der Waals surface area contributed by atoms with Gasteiger partial charge in [-0.1, -0.05) is 24.3 Å². The second-order valence-electron chi connectivity index (χ2n) is 4.80. The molecule has 118 valence electrons. The first-order valence-electron chi connectivity index (χ1n) is 6.34. The molecule has 0 amide bonds. The predicted molar refractivity (Wildman–Crippen MR) is 76.8 cm³/mol. The van der Waals surface area contributed by atoms with E-state index in [2.05, 4.69) is 0 Å². The summed E-state index contributed by atoms with van der Waals surface area (Å²) in [5.74, 6) is -2.64. The summed E-state index contributed by atoms with van der Waals surface area (Å²) in [5, 5.41) is 17.3. The summed E-state index contributed by atoms with van der Waals surface area (Å²) in [6.07, 6.45) is 0. The number of para-hydroxylation sites is 2. The fourth-order valence-corrected chi connectivity index (χ4v) is 1.30. The summed E-state index contributed by atoms with van der Waals surface area (Å²) >= 11 is 0. The van der Waals surface area contributed by atoms with E-state index in [-0.39, 0.29) is 11.5 Å². The van der Waals surface area contributed by atoms with Gasteiger partial charge in [-0.2, -0.15) is 0 Å². The van der Waals surface area contributed by atoms with Gasteiger partial charge < -0.3 is 14.9 Å². The quantitative estimate of drug-likeness (QED) is 0.909. The van der Waals surface area contributed by atoms with Crippen LogP contribution in [0.2, 0.25) is 0 Å². The molecule has 0 aliphatic heterocycles. The number of aromatic hydroxyl groups is 1. The smallest absolute Gasteiger partial charge is 0.347 e. The van der Waals surface area contributed by atoms with Gasteiger partial charge in [0.1, 0.15) is 0 Å². The normalized spacial score (nSPS) is 10.4. The lowest BCUT2D eigenvalue weighted by molar-refractivity contribution is -0.152. The molecule has 2 N–H and O–H groups in total. The molecule has 0 aliphatic rings. The van der Waals surface area contributed by atoms with E-state index in [1.807, 2.05) is 0 Å². The van der Waals surface area contributed by atoms with E-state index in [9.17, 15) is 13.6 Å². The number of hydrogen-bond donors (Lipinski definition) is 2. The molecule has 2 aromatic rings. The highest BCUT2D eigenvalue weighted by Gasteiger charge is 2.30. The fourth-order valence-electron chi connectivity index (χ4n) is 1.30. The number of ether oxygens (including phenoxy) is 1. The lowest BCUT2D eigenvalue weighted by Gasteiger charge is -2.21. The van der Waals surface area contributed by atoms with Crippen LogP contribution < -0.4 is 4.74 Å². The van der Waals surface area contributed by atoms with Crippen LogP contribution in [0.3, 0.4) is 0 Å². The summed E-state index contributed by atoms with van der Waals surface area (Å²) in [4.78, 5) is 10.7. The summed E-state index contributed by atoms with van der Waals surface area (Å²) < 4.78 is 30.2. The number of carboxylic acids is 1. The average molecular weight is 310 g/mol. The minimum atomic E-state index is -1.43. The number of aliphatic carboxylic acids is 1. The number of phenols is 1. The Hall–Kier alpha value is -2.63. The first-order valence-corrected chi connectivity index (χ1v) is 6.34. The Balaban J connectivity index is 0.000000255. The molecule has 0 aliphatic carbocycles. The highest BCUT2D eigenvalue weighted by Crippen LogP contribution is 2.21. The molecule has 0 heterocycles. The number of carboxylic acid groups (broad SMARTS) is 1.